The van der Waals surface area contributed by atoms with Gasteiger partial charge in [0.25, 0.3) is 11.8 Å². The van der Waals surface area contributed by atoms with Crippen LogP contribution in [0.15, 0.2) is 36.4 Å². The number of halogens is 2. The number of nitrogens with one attached hydrogen (secondary N) is 2. The molecular formula is C30H42F2N4O4. The van der Waals surface area contributed by atoms with Crippen molar-refractivity contribution in [1.29, 1.82) is 0 Å². The van der Waals surface area contributed by atoms with Crippen LogP contribution in [-0.2, 0) is 11.2 Å². The van der Waals surface area contributed by atoms with Gasteiger partial charge in [-0.1, -0.05) is 13.8 Å². The van der Waals surface area contributed by atoms with Crippen LogP contribution >= 0.6 is 0 Å². The standard InChI is InChI=1S/C30H42F2N4O4/c1-4-11-36(12-5-2)30(40)23-14-20(3)13-22(18-23)29(39)35-26(17-21-15-24(31)19-25(32)16-21)27(37)8-10-34-28(38)7-6-9-33/h13-16,18-19,26-27,37H,4-12,17,33H2,1-3H3,(H,34,38)(H,35,39)/t26-,27+/m0/s1. The Balaban J connectivity index is 2.25. The van der Waals surface area contributed by atoms with E-state index in [0.29, 0.717) is 37.2 Å². The van der Waals surface area contributed by atoms with Crippen molar-refractivity contribution in [3.63, 3.8) is 0 Å². The average molecular weight is 561 g/mol. The fourth-order valence-corrected chi connectivity index (χ4v) is 4.50. The second kappa shape index (κ2) is 16.7. The molecule has 3 amide bonds. The summed E-state index contributed by atoms with van der Waals surface area (Å²) in [6.07, 6.45) is 1.31. The average Bonchev–Trinajstić information content (AvgIpc) is 2.90. The van der Waals surface area contributed by atoms with Gasteiger partial charge in [0.1, 0.15) is 11.6 Å². The monoisotopic (exact) mass is 560 g/mol. The van der Waals surface area contributed by atoms with E-state index in [0.717, 1.165) is 31.0 Å². The van der Waals surface area contributed by atoms with E-state index in [1.807, 2.05) is 13.8 Å². The lowest BCUT2D eigenvalue weighted by Crippen LogP contribution is -2.46. The topological polar surface area (TPSA) is 125 Å². The second-order valence-electron chi connectivity index (χ2n) is 10.0. The maximum Gasteiger partial charge on any atom is 0.253 e. The first-order valence-corrected chi connectivity index (χ1v) is 13.9. The predicted molar refractivity (Wildman–Crippen MR) is 151 cm³/mol. The van der Waals surface area contributed by atoms with Gasteiger partial charge in [0.05, 0.1) is 12.1 Å². The summed E-state index contributed by atoms with van der Waals surface area (Å²) in [5.74, 6) is -2.45. The number of carbonyl (C=O) groups excluding carboxylic acids is 3. The first kappa shape index (κ1) is 32.8. The molecule has 0 bridgehead atoms. The molecule has 2 rings (SSSR count). The summed E-state index contributed by atoms with van der Waals surface area (Å²) in [4.78, 5) is 40.2. The van der Waals surface area contributed by atoms with Crippen molar-refractivity contribution in [2.24, 2.45) is 5.73 Å². The zero-order valence-electron chi connectivity index (χ0n) is 23.6. The highest BCUT2D eigenvalue weighted by molar-refractivity contribution is 6.00. The van der Waals surface area contributed by atoms with E-state index in [-0.39, 0.29) is 48.7 Å². The Morgan fingerprint density at radius 1 is 0.975 bits per heavy atom. The Morgan fingerprint density at radius 3 is 2.20 bits per heavy atom. The van der Waals surface area contributed by atoms with Gasteiger partial charge in [0.15, 0.2) is 0 Å². The van der Waals surface area contributed by atoms with Crippen LogP contribution in [0.1, 0.15) is 77.8 Å². The molecule has 220 valence electrons. The molecule has 40 heavy (non-hydrogen) atoms. The predicted octanol–water partition coefficient (Wildman–Crippen LogP) is 3.48. The number of nitrogens with zero attached hydrogens (tertiary/aromatic N) is 1. The number of benzene rings is 2. The lowest BCUT2D eigenvalue weighted by molar-refractivity contribution is -0.121. The molecule has 2 aromatic rings. The molecule has 2 atom stereocenters. The van der Waals surface area contributed by atoms with Crippen LogP contribution in [0.5, 0.6) is 0 Å². The molecule has 0 aliphatic heterocycles. The smallest absolute Gasteiger partial charge is 0.253 e. The fourth-order valence-electron chi connectivity index (χ4n) is 4.50. The maximum atomic E-state index is 13.9. The van der Waals surface area contributed by atoms with E-state index >= 15 is 0 Å². The molecule has 0 radical (unpaired) electrons. The Morgan fingerprint density at radius 2 is 1.60 bits per heavy atom. The molecule has 0 saturated carbocycles. The highest BCUT2D eigenvalue weighted by atomic mass is 19.1. The van der Waals surface area contributed by atoms with Crippen LogP contribution in [-0.4, -0.2) is 66.1 Å². The summed E-state index contributed by atoms with van der Waals surface area (Å²) < 4.78 is 27.7. The summed E-state index contributed by atoms with van der Waals surface area (Å²) in [6, 6.07) is 6.99. The van der Waals surface area contributed by atoms with Crippen LogP contribution in [0.3, 0.4) is 0 Å². The minimum atomic E-state index is -1.14. The van der Waals surface area contributed by atoms with Gasteiger partial charge in [0.2, 0.25) is 5.91 Å². The molecular weight excluding hydrogens is 518 g/mol. The first-order valence-electron chi connectivity index (χ1n) is 13.9. The highest BCUT2D eigenvalue weighted by Crippen LogP contribution is 2.16. The molecule has 0 fully saturated rings. The Hall–Kier alpha value is -3.37. The molecule has 0 heterocycles. The van der Waals surface area contributed by atoms with Gasteiger partial charge >= 0.3 is 0 Å². The third kappa shape index (κ3) is 10.7. The van der Waals surface area contributed by atoms with Crippen molar-refractivity contribution >= 4 is 17.7 Å². The maximum absolute atomic E-state index is 13.9. The normalized spacial score (nSPS) is 12.5. The highest BCUT2D eigenvalue weighted by Gasteiger charge is 2.24. The third-order valence-corrected chi connectivity index (χ3v) is 6.39. The molecule has 0 aromatic heterocycles. The zero-order chi connectivity index (χ0) is 29.7. The molecule has 0 saturated heterocycles. The summed E-state index contributed by atoms with van der Waals surface area (Å²) in [7, 11) is 0. The number of amides is 3. The lowest BCUT2D eigenvalue weighted by Gasteiger charge is -2.25. The molecule has 0 aliphatic carbocycles. The van der Waals surface area contributed by atoms with E-state index in [1.165, 1.54) is 6.07 Å². The van der Waals surface area contributed by atoms with Gasteiger partial charge in [-0.3, -0.25) is 14.4 Å². The molecule has 0 aliphatic rings. The van der Waals surface area contributed by atoms with Gasteiger partial charge in [-0.2, -0.15) is 0 Å². The molecule has 5 N–H and O–H groups in total. The van der Waals surface area contributed by atoms with Crippen LogP contribution in [0.2, 0.25) is 0 Å². The van der Waals surface area contributed by atoms with Gasteiger partial charge < -0.3 is 26.4 Å². The second-order valence-corrected chi connectivity index (χ2v) is 10.0. The number of hydrogen-bond donors (Lipinski definition) is 4. The molecule has 10 heteroatoms. The summed E-state index contributed by atoms with van der Waals surface area (Å²) in [6.45, 7) is 7.50. The summed E-state index contributed by atoms with van der Waals surface area (Å²) in [5.41, 5.74) is 7.01. The van der Waals surface area contributed by atoms with Crippen molar-refractivity contribution in [3.05, 3.63) is 70.3 Å². The number of aliphatic hydroxyl groups excluding tert-OH is 1. The van der Waals surface area contributed by atoms with Gasteiger partial charge in [-0.05, 0) is 87.0 Å². The minimum absolute atomic E-state index is 0.0545. The lowest BCUT2D eigenvalue weighted by atomic mass is 9.97. The van der Waals surface area contributed by atoms with Gasteiger partial charge in [-0.25, -0.2) is 8.78 Å². The van der Waals surface area contributed by atoms with Crippen molar-refractivity contribution in [1.82, 2.24) is 15.5 Å². The minimum Gasteiger partial charge on any atom is -0.391 e. The Labute approximate surface area is 235 Å². The van der Waals surface area contributed by atoms with Crippen molar-refractivity contribution in [2.45, 2.75) is 71.4 Å². The van der Waals surface area contributed by atoms with Gasteiger partial charge in [-0.15, -0.1) is 0 Å². The number of carbonyl (C=O) groups is 3. The van der Waals surface area contributed by atoms with E-state index < -0.39 is 29.7 Å². The van der Waals surface area contributed by atoms with E-state index in [1.54, 1.807) is 24.0 Å². The van der Waals surface area contributed by atoms with Crippen LogP contribution < -0.4 is 16.4 Å². The van der Waals surface area contributed by atoms with Crippen molar-refractivity contribution < 1.29 is 28.3 Å². The number of nitrogens with two attached hydrogens (primary N) is 1. The fraction of sp³-hybridized carbons (Fsp3) is 0.500. The number of hydrogen-bond acceptors (Lipinski definition) is 5. The van der Waals surface area contributed by atoms with Gasteiger partial charge in [0, 0.05) is 43.2 Å². The zero-order valence-corrected chi connectivity index (χ0v) is 23.6. The first-order chi connectivity index (χ1) is 19.1. The van der Waals surface area contributed by atoms with Crippen LogP contribution in [0, 0.1) is 18.6 Å². The summed E-state index contributed by atoms with van der Waals surface area (Å²) in [5, 5.41) is 16.4. The number of aliphatic hydroxyl groups is 1. The quantitative estimate of drug-likeness (QED) is 0.250. The number of aryl methyl sites for hydroxylation is 1. The Kier molecular flexibility index (Phi) is 13.7. The van der Waals surface area contributed by atoms with E-state index in [2.05, 4.69) is 10.6 Å². The largest absolute Gasteiger partial charge is 0.391 e. The van der Waals surface area contributed by atoms with Crippen molar-refractivity contribution in [2.75, 3.05) is 26.2 Å². The van der Waals surface area contributed by atoms with Crippen LogP contribution in [0.4, 0.5) is 8.78 Å². The SMILES string of the molecule is CCCN(CCC)C(=O)c1cc(C)cc(C(=O)N[C@@H](Cc2cc(F)cc(F)c2)[C@H](O)CCNC(=O)CCCN)c1. The molecule has 2 aromatic carbocycles. The summed E-state index contributed by atoms with van der Waals surface area (Å²) >= 11 is 0. The Bertz CT molecular complexity index is 1120. The number of rotatable bonds is 16. The molecule has 0 unspecified atom stereocenters. The van der Waals surface area contributed by atoms with Crippen LogP contribution in [0.25, 0.3) is 0 Å². The van der Waals surface area contributed by atoms with E-state index in [4.69, 9.17) is 5.73 Å². The van der Waals surface area contributed by atoms with E-state index in [9.17, 15) is 28.3 Å². The molecule has 8 nitrogen and oxygen atoms in total. The molecule has 0 spiro atoms. The third-order valence-electron chi connectivity index (χ3n) is 6.39. The van der Waals surface area contributed by atoms with Crippen molar-refractivity contribution in [3.8, 4) is 0 Å².